The molecule has 1 amide bonds. The summed E-state index contributed by atoms with van der Waals surface area (Å²) in [6, 6.07) is 20.6. The number of nitrogens with zero attached hydrogens (tertiary/aromatic N) is 5. The van der Waals surface area contributed by atoms with E-state index in [1.54, 1.807) is 4.90 Å². The maximum absolute atomic E-state index is 13.8. The van der Waals surface area contributed by atoms with Gasteiger partial charge in [0.1, 0.15) is 0 Å². The van der Waals surface area contributed by atoms with Crippen LogP contribution in [0.5, 0.6) is 11.5 Å². The average molecular weight is 536 g/mol. The summed E-state index contributed by atoms with van der Waals surface area (Å²) in [5.41, 5.74) is 4.82. The van der Waals surface area contributed by atoms with Crippen molar-refractivity contribution in [3.63, 3.8) is 0 Å². The molecular weight excluding hydrogens is 502 g/mol. The van der Waals surface area contributed by atoms with Gasteiger partial charge in [0.15, 0.2) is 11.5 Å². The van der Waals surface area contributed by atoms with E-state index in [2.05, 4.69) is 55.5 Å². The van der Waals surface area contributed by atoms with Gasteiger partial charge in [0, 0.05) is 50.8 Å². The van der Waals surface area contributed by atoms with Crippen LogP contribution in [0.25, 0.3) is 21.9 Å². The molecule has 1 aliphatic heterocycles. The number of carbonyl (C=O) groups excluding carboxylic acids is 1. The molecule has 0 saturated heterocycles. The van der Waals surface area contributed by atoms with Crippen LogP contribution in [0.3, 0.4) is 0 Å². The van der Waals surface area contributed by atoms with Crippen molar-refractivity contribution in [1.82, 2.24) is 23.9 Å². The minimum Gasteiger partial charge on any atom is -0.454 e. The molecule has 3 aromatic carbocycles. The molecule has 1 aliphatic rings. The van der Waals surface area contributed by atoms with Gasteiger partial charge in [-0.1, -0.05) is 48.5 Å². The molecule has 0 bridgehead atoms. The lowest BCUT2D eigenvalue weighted by Crippen LogP contribution is -2.33. The van der Waals surface area contributed by atoms with Crippen molar-refractivity contribution in [2.24, 2.45) is 0 Å². The fourth-order valence-corrected chi connectivity index (χ4v) is 5.15. The molecule has 0 aliphatic carbocycles. The largest absolute Gasteiger partial charge is 0.454 e. The van der Waals surface area contributed by atoms with Gasteiger partial charge >= 0.3 is 0 Å². The van der Waals surface area contributed by atoms with Crippen molar-refractivity contribution in [1.29, 1.82) is 0 Å². The minimum absolute atomic E-state index is 0.0115. The Labute approximate surface area is 234 Å². The monoisotopic (exact) mass is 535 g/mol. The highest BCUT2D eigenvalue weighted by molar-refractivity contribution is 6.06. The third kappa shape index (κ3) is 5.18. The summed E-state index contributed by atoms with van der Waals surface area (Å²) in [5, 5.41) is 2.27. The van der Waals surface area contributed by atoms with Gasteiger partial charge < -0.3 is 28.4 Å². The molecule has 5 aromatic rings. The Bertz CT molecular complexity index is 1660. The van der Waals surface area contributed by atoms with Gasteiger partial charge in [-0.15, -0.1) is 0 Å². The molecule has 40 heavy (non-hydrogen) atoms. The van der Waals surface area contributed by atoms with Crippen LogP contribution in [0.15, 0.2) is 85.6 Å². The number of fused-ring (bicyclic) bond motifs is 2. The summed E-state index contributed by atoms with van der Waals surface area (Å²) in [5.74, 6) is 1.55. The van der Waals surface area contributed by atoms with Crippen molar-refractivity contribution in [2.75, 3.05) is 41.0 Å². The molecule has 0 saturated carbocycles. The second-order valence-electron chi connectivity index (χ2n) is 10.5. The number of benzene rings is 3. The fraction of sp³-hybridized carbons (Fsp3) is 0.250. The first-order chi connectivity index (χ1) is 19.5. The first-order valence-electron chi connectivity index (χ1n) is 13.4. The zero-order valence-corrected chi connectivity index (χ0v) is 23.1. The summed E-state index contributed by atoms with van der Waals surface area (Å²) >= 11 is 0. The first-order valence-corrected chi connectivity index (χ1v) is 13.4. The molecule has 6 rings (SSSR count). The number of hydrogen-bond donors (Lipinski definition) is 0. The predicted octanol–water partition coefficient (Wildman–Crippen LogP) is 4.96. The van der Waals surface area contributed by atoms with Gasteiger partial charge in [0.05, 0.1) is 24.1 Å². The Kier molecular flexibility index (Phi) is 7.00. The van der Waals surface area contributed by atoms with Crippen LogP contribution in [0.4, 0.5) is 0 Å². The standard InChI is InChI=1S/C32H33N5O3/c1-34(2)13-14-35(3)32(38)29-20-36(19-28(29)27-10-6-8-24-7-4-5-9-26(24)27)18-25-16-33-21-37(25)17-23-11-12-30-31(15-23)40-22-39-30/h4-12,15-16,19-21H,13-14,17-18,22H2,1-3H3. The van der Waals surface area contributed by atoms with Gasteiger partial charge in [0.25, 0.3) is 5.91 Å². The van der Waals surface area contributed by atoms with Gasteiger partial charge in [-0.05, 0) is 48.1 Å². The van der Waals surface area contributed by atoms with E-state index in [1.165, 1.54) is 0 Å². The summed E-state index contributed by atoms with van der Waals surface area (Å²) in [7, 11) is 5.91. The lowest BCUT2D eigenvalue weighted by molar-refractivity contribution is 0.0787. The highest BCUT2D eigenvalue weighted by Gasteiger charge is 2.21. The van der Waals surface area contributed by atoms with Gasteiger partial charge in [0.2, 0.25) is 6.79 Å². The number of imidazole rings is 1. The predicted molar refractivity (Wildman–Crippen MR) is 156 cm³/mol. The van der Waals surface area contributed by atoms with E-state index in [0.717, 1.165) is 51.2 Å². The SMILES string of the molecule is CN(C)CCN(C)C(=O)c1cn(Cc2cncn2Cc2ccc3c(c2)OCO3)cc1-c1cccc2ccccc12. The summed E-state index contributed by atoms with van der Waals surface area (Å²) in [6.07, 6.45) is 7.79. The Hall–Kier alpha value is -4.56. The molecule has 0 spiro atoms. The van der Waals surface area contributed by atoms with Crippen LogP contribution < -0.4 is 9.47 Å². The van der Waals surface area contributed by atoms with Crippen LogP contribution in [0, 0.1) is 0 Å². The van der Waals surface area contributed by atoms with E-state index in [9.17, 15) is 4.79 Å². The Morgan fingerprint density at radius 1 is 0.900 bits per heavy atom. The van der Waals surface area contributed by atoms with E-state index in [1.807, 2.05) is 70.2 Å². The molecule has 8 nitrogen and oxygen atoms in total. The Balaban J connectivity index is 1.33. The highest BCUT2D eigenvalue weighted by Crippen LogP contribution is 2.34. The van der Waals surface area contributed by atoms with Crippen LogP contribution in [-0.4, -0.2) is 70.9 Å². The molecule has 0 N–H and O–H groups in total. The Morgan fingerprint density at radius 2 is 1.73 bits per heavy atom. The molecule has 8 heteroatoms. The molecule has 204 valence electrons. The van der Waals surface area contributed by atoms with E-state index < -0.39 is 0 Å². The van der Waals surface area contributed by atoms with Gasteiger partial charge in [-0.2, -0.15) is 0 Å². The fourth-order valence-electron chi connectivity index (χ4n) is 5.15. The smallest absolute Gasteiger partial charge is 0.255 e. The molecule has 3 heterocycles. The third-order valence-electron chi connectivity index (χ3n) is 7.35. The molecule has 0 unspecified atom stereocenters. The van der Waals surface area contributed by atoms with E-state index in [-0.39, 0.29) is 12.7 Å². The van der Waals surface area contributed by atoms with Crippen LogP contribution >= 0.6 is 0 Å². The van der Waals surface area contributed by atoms with E-state index in [4.69, 9.17) is 9.47 Å². The lowest BCUT2D eigenvalue weighted by atomic mass is 9.97. The zero-order valence-electron chi connectivity index (χ0n) is 23.1. The summed E-state index contributed by atoms with van der Waals surface area (Å²) in [4.78, 5) is 22.1. The molecule has 0 radical (unpaired) electrons. The van der Waals surface area contributed by atoms with Crippen LogP contribution in [0.2, 0.25) is 0 Å². The van der Waals surface area contributed by atoms with Crippen molar-refractivity contribution in [3.8, 4) is 22.6 Å². The summed E-state index contributed by atoms with van der Waals surface area (Å²) in [6.45, 7) is 2.94. The lowest BCUT2D eigenvalue weighted by Gasteiger charge is -2.20. The molecule has 0 fully saturated rings. The maximum atomic E-state index is 13.8. The van der Waals surface area contributed by atoms with Crippen molar-refractivity contribution < 1.29 is 14.3 Å². The zero-order chi connectivity index (χ0) is 27.6. The number of ether oxygens (including phenoxy) is 2. The van der Waals surface area contributed by atoms with Gasteiger partial charge in [-0.3, -0.25) is 4.79 Å². The van der Waals surface area contributed by atoms with Crippen molar-refractivity contribution in [2.45, 2.75) is 13.1 Å². The highest BCUT2D eigenvalue weighted by atomic mass is 16.7. The minimum atomic E-state index is 0.0115. The third-order valence-corrected chi connectivity index (χ3v) is 7.35. The van der Waals surface area contributed by atoms with Crippen LogP contribution in [-0.2, 0) is 13.1 Å². The van der Waals surface area contributed by atoms with E-state index >= 15 is 0 Å². The Morgan fingerprint density at radius 3 is 2.60 bits per heavy atom. The number of amides is 1. The number of rotatable bonds is 9. The van der Waals surface area contributed by atoms with Crippen LogP contribution in [0.1, 0.15) is 21.6 Å². The molecule has 0 atom stereocenters. The quantitative estimate of drug-likeness (QED) is 0.267. The number of likely N-dealkylation sites (N-methyl/N-ethyl adjacent to an activating group) is 2. The normalized spacial score (nSPS) is 12.4. The van der Waals surface area contributed by atoms with Gasteiger partial charge in [-0.25, -0.2) is 4.98 Å². The first kappa shape index (κ1) is 25.7. The number of carbonyl (C=O) groups is 1. The average Bonchev–Trinajstić information content (AvgIpc) is 3.71. The topological polar surface area (TPSA) is 64.8 Å². The van der Waals surface area contributed by atoms with E-state index in [0.29, 0.717) is 25.2 Å². The maximum Gasteiger partial charge on any atom is 0.255 e. The van der Waals surface area contributed by atoms with Crippen molar-refractivity contribution in [3.05, 3.63) is 102 Å². The molecule has 2 aromatic heterocycles. The second-order valence-corrected chi connectivity index (χ2v) is 10.5. The summed E-state index contributed by atoms with van der Waals surface area (Å²) < 4.78 is 15.2. The second kappa shape index (κ2) is 10.9. The van der Waals surface area contributed by atoms with Crippen molar-refractivity contribution >= 4 is 16.7 Å². The number of hydrogen-bond acceptors (Lipinski definition) is 5. The number of aromatic nitrogens is 3. The molecular formula is C32H33N5O3.